The van der Waals surface area contributed by atoms with Gasteiger partial charge in [0.1, 0.15) is 0 Å². The quantitative estimate of drug-likeness (QED) is 0.448. The van der Waals surface area contributed by atoms with Gasteiger partial charge >= 0.3 is 5.97 Å². The molecule has 0 amide bonds. The van der Waals surface area contributed by atoms with Crippen molar-refractivity contribution in [1.82, 2.24) is 0 Å². The van der Waals surface area contributed by atoms with Crippen LogP contribution >= 0.6 is 23.2 Å². The average Bonchev–Trinajstić information content (AvgIpc) is 2.07. The number of ether oxygens (including phenoxy) is 1. The number of benzene rings is 1. The molecule has 0 saturated heterocycles. The molecule has 0 heterocycles. The average molecular weight is 233 g/mol. The molecular formula is C9H6Cl2O3. The van der Waals surface area contributed by atoms with Crippen molar-refractivity contribution >= 4 is 34.4 Å². The van der Waals surface area contributed by atoms with Crippen molar-refractivity contribution in [3.05, 3.63) is 28.8 Å². The first kappa shape index (κ1) is 11.0. The third-order valence-corrected chi connectivity index (χ3v) is 1.93. The summed E-state index contributed by atoms with van der Waals surface area (Å²) in [6.45, 7) is 1.21. The van der Waals surface area contributed by atoms with Gasteiger partial charge in [0.15, 0.2) is 5.75 Å². The van der Waals surface area contributed by atoms with Gasteiger partial charge in [-0.3, -0.25) is 9.59 Å². The third kappa shape index (κ3) is 2.47. The van der Waals surface area contributed by atoms with E-state index in [0.29, 0.717) is 0 Å². The highest BCUT2D eigenvalue weighted by Gasteiger charge is 2.14. The number of halogens is 2. The molecule has 0 unspecified atom stereocenters. The normalized spacial score (nSPS) is 9.64. The summed E-state index contributed by atoms with van der Waals surface area (Å²) < 4.78 is 4.76. The molecule has 0 fully saturated rings. The standard InChI is InChI=1S/C9H6Cl2O3/c1-5(12)14-8-6(9(11)13)3-2-4-7(8)10/h2-4H,1H3. The molecule has 0 saturated carbocycles. The fourth-order valence-corrected chi connectivity index (χ4v) is 1.27. The molecule has 0 spiro atoms. The van der Waals surface area contributed by atoms with E-state index in [1.54, 1.807) is 6.07 Å². The second-order valence-electron chi connectivity index (χ2n) is 2.48. The highest BCUT2D eigenvalue weighted by molar-refractivity contribution is 6.68. The van der Waals surface area contributed by atoms with Crippen molar-refractivity contribution < 1.29 is 14.3 Å². The van der Waals surface area contributed by atoms with Crippen LogP contribution in [0.5, 0.6) is 5.75 Å². The van der Waals surface area contributed by atoms with Crippen LogP contribution in [0, 0.1) is 0 Å². The Kier molecular flexibility index (Phi) is 3.49. The lowest BCUT2D eigenvalue weighted by Gasteiger charge is -2.06. The van der Waals surface area contributed by atoms with Crippen molar-refractivity contribution in [3.8, 4) is 5.75 Å². The Morgan fingerprint density at radius 2 is 2.00 bits per heavy atom. The van der Waals surface area contributed by atoms with Crippen LogP contribution in [0.4, 0.5) is 0 Å². The van der Waals surface area contributed by atoms with Crippen LogP contribution in [0.25, 0.3) is 0 Å². The number of hydrogen-bond donors (Lipinski definition) is 0. The molecule has 0 N–H and O–H groups in total. The maximum atomic E-state index is 10.9. The SMILES string of the molecule is CC(=O)Oc1c(Cl)cccc1C(=O)Cl. The predicted molar refractivity (Wildman–Crippen MR) is 52.9 cm³/mol. The fourth-order valence-electron chi connectivity index (χ4n) is 0.911. The Morgan fingerprint density at radius 1 is 1.36 bits per heavy atom. The maximum Gasteiger partial charge on any atom is 0.308 e. The van der Waals surface area contributed by atoms with Gasteiger partial charge in [0.25, 0.3) is 5.24 Å². The summed E-state index contributed by atoms with van der Waals surface area (Å²) in [7, 11) is 0. The van der Waals surface area contributed by atoms with Gasteiger partial charge in [0, 0.05) is 6.92 Å². The molecule has 1 aromatic carbocycles. The molecule has 0 radical (unpaired) electrons. The van der Waals surface area contributed by atoms with Crippen molar-refractivity contribution in [2.75, 3.05) is 0 Å². The molecule has 14 heavy (non-hydrogen) atoms. The van der Waals surface area contributed by atoms with Crippen LogP contribution in [-0.4, -0.2) is 11.2 Å². The molecule has 5 heteroatoms. The van der Waals surface area contributed by atoms with Gasteiger partial charge in [-0.1, -0.05) is 17.7 Å². The van der Waals surface area contributed by atoms with Gasteiger partial charge in [-0.15, -0.1) is 0 Å². The summed E-state index contributed by atoms with van der Waals surface area (Å²) in [4.78, 5) is 21.6. The van der Waals surface area contributed by atoms with E-state index in [-0.39, 0.29) is 16.3 Å². The Bertz CT molecular complexity index is 388. The van der Waals surface area contributed by atoms with Crippen LogP contribution in [0.3, 0.4) is 0 Å². The number of rotatable bonds is 2. The summed E-state index contributed by atoms with van der Waals surface area (Å²) in [6, 6.07) is 4.48. The number of hydrogen-bond acceptors (Lipinski definition) is 3. The summed E-state index contributed by atoms with van der Waals surface area (Å²) in [5, 5.41) is -0.546. The molecule has 0 aliphatic heterocycles. The number of carbonyl (C=O) groups is 2. The van der Waals surface area contributed by atoms with Gasteiger partial charge in [-0.05, 0) is 23.7 Å². The topological polar surface area (TPSA) is 43.4 Å². The Labute approximate surface area is 90.6 Å². The van der Waals surface area contributed by atoms with Crippen LogP contribution in [-0.2, 0) is 4.79 Å². The Hall–Kier alpha value is -1.06. The first-order chi connectivity index (χ1) is 6.52. The van der Waals surface area contributed by atoms with Gasteiger partial charge < -0.3 is 4.74 Å². The first-order valence-electron chi connectivity index (χ1n) is 3.69. The highest BCUT2D eigenvalue weighted by Crippen LogP contribution is 2.29. The second kappa shape index (κ2) is 4.44. The molecular weight excluding hydrogens is 227 g/mol. The van der Waals surface area contributed by atoms with E-state index < -0.39 is 11.2 Å². The van der Waals surface area contributed by atoms with Gasteiger partial charge in [-0.25, -0.2) is 0 Å². The third-order valence-electron chi connectivity index (χ3n) is 1.42. The Balaban J connectivity index is 3.22. The Morgan fingerprint density at radius 3 is 2.50 bits per heavy atom. The largest absolute Gasteiger partial charge is 0.424 e. The van der Waals surface area contributed by atoms with Gasteiger partial charge in [0.2, 0.25) is 0 Å². The summed E-state index contributed by atoms with van der Waals surface area (Å²) in [5.74, 6) is -0.557. The molecule has 74 valence electrons. The summed E-state index contributed by atoms with van der Waals surface area (Å²) >= 11 is 11.0. The van der Waals surface area contributed by atoms with Crippen molar-refractivity contribution in [2.45, 2.75) is 6.92 Å². The zero-order valence-corrected chi connectivity index (χ0v) is 8.72. The lowest BCUT2D eigenvalue weighted by atomic mass is 10.2. The van der Waals surface area contributed by atoms with Crippen LogP contribution in [0.2, 0.25) is 5.02 Å². The lowest BCUT2D eigenvalue weighted by Crippen LogP contribution is -2.05. The number of para-hydroxylation sites is 1. The molecule has 0 aliphatic rings. The van der Waals surface area contributed by atoms with Crippen LogP contribution in [0.1, 0.15) is 17.3 Å². The zero-order chi connectivity index (χ0) is 10.7. The lowest BCUT2D eigenvalue weighted by molar-refractivity contribution is -0.131. The van der Waals surface area contributed by atoms with E-state index in [9.17, 15) is 9.59 Å². The minimum absolute atomic E-state index is 0.00154. The van der Waals surface area contributed by atoms with Gasteiger partial charge in [-0.2, -0.15) is 0 Å². The van der Waals surface area contributed by atoms with Gasteiger partial charge in [0.05, 0.1) is 10.6 Å². The minimum Gasteiger partial charge on any atom is -0.424 e. The minimum atomic E-state index is -0.719. The molecule has 0 aromatic heterocycles. The molecule has 3 nitrogen and oxygen atoms in total. The predicted octanol–water partition coefficient (Wildman–Crippen LogP) is 2.64. The van der Waals surface area contributed by atoms with E-state index >= 15 is 0 Å². The van der Waals surface area contributed by atoms with E-state index in [2.05, 4.69) is 0 Å². The maximum absolute atomic E-state index is 10.9. The molecule has 0 bridgehead atoms. The molecule has 1 aromatic rings. The van der Waals surface area contributed by atoms with E-state index in [4.69, 9.17) is 27.9 Å². The molecule has 0 atom stereocenters. The van der Waals surface area contributed by atoms with Crippen molar-refractivity contribution in [1.29, 1.82) is 0 Å². The summed E-state index contributed by atoms with van der Waals surface area (Å²) in [5.41, 5.74) is 0.0781. The first-order valence-corrected chi connectivity index (χ1v) is 4.44. The second-order valence-corrected chi connectivity index (χ2v) is 3.23. The van der Waals surface area contributed by atoms with E-state index in [0.717, 1.165) is 0 Å². The van der Waals surface area contributed by atoms with E-state index in [1.807, 2.05) is 0 Å². The molecule has 0 aliphatic carbocycles. The highest BCUT2D eigenvalue weighted by atomic mass is 35.5. The number of carbonyl (C=O) groups excluding carboxylic acids is 2. The van der Waals surface area contributed by atoms with Crippen molar-refractivity contribution in [3.63, 3.8) is 0 Å². The van der Waals surface area contributed by atoms with Crippen LogP contribution in [0.15, 0.2) is 18.2 Å². The summed E-state index contributed by atoms with van der Waals surface area (Å²) in [6.07, 6.45) is 0. The molecule has 1 rings (SSSR count). The van der Waals surface area contributed by atoms with Crippen LogP contribution < -0.4 is 4.74 Å². The fraction of sp³-hybridized carbons (Fsp3) is 0.111. The zero-order valence-electron chi connectivity index (χ0n) is 7.21. The smallest absolute Gasteiger partial charge is 0.308 e. The van der Waals surface area contributed by atoms with Crippen molar-refractivity contribution in [2.24, 2.45) is 0 Å². The van der Waals surface area contributed by atoms with E-state index in [1.165, 1.54) is 19.1 Å². The number of esters is 1. The monoisotopic (exact) mass is 232 g/mol.